The fourth-order valence-corrected chi connectivity index (χ4v) is 4.27. The number of ketones is 1. The molecule has 176 valence electrons. The summed E-state index contributed by atoms with van der Waals surface area (Å²) in [4.78, 5) is 25.6. The molecule has 0 spiro atoms. The first-order valence-corrected chi connectivity index (χ1v) is 11.1. The predicted molar refractivity (Wildman–Crippen MR) is 130 cm³/mol. The third-order valence-electron chi connectivity index (χ3n) is 5.96. The number of rotatable bonds is 5. The molecule has 0 atom stereocenters. The molecule has 4 aromatic rings. The molecule has 0 fully saturated rings. The van der Waals surface area contributed by atoms with Crippen molar-refractivity contribution in [3.8, 4) is 17.2 Å². The molecule has 7 heteroatoms. The molecule has 0 bridgehead atoms. The van der Waals surface area contributed by atoms with Gasteiger partial charge in [-0.3, -0.25) is 4.79 Å². The number of aryl methyl sites for hydroxylation is 2. The first-order chi connectivity index (χ1) is 16.9. The highest BCUT2D eigenvalue weighted by atomic mass is 19.1. The molecule has 1 aliphatic heterocycles. The van der Waals surface area contributed by atoms with Gasteiger partial charge in [-0.1, -0.05) is 6.07 Å². The fraction of sp³-hybridized carbons (Fsp3) is 0.143. The molecule has 2 heterocycles. The predicted octanol–water partition coefficient (Wildman–Crippen LogP) is 5.95. The summed E-state index contributed by atoms with van der Waals surface area (Å²) >= 11 is 0. The first kappa shape index (κ1) is 22.4. The van der Waals surface area contributed by atoms with Crippen LogP contribution in [0.5, 0.6) is 17.2 Å². The Balaban J connectivity index is 1.48. The van der Waals surface area contributed by atoms with E-state index in [-0.39, 0.29) is 22.9 Å². The SMILES string of the molecule is CCn1cc(/C=C2\Oc3cc(OC(=O)c4cccc(F)c4)cc(C)c3C2=O)c2cc(OC)ccc21. The summed E-state index contributed by atoms with van der Waals surface area (Å²) in [6.45, 7) is 4.56. The number of hydrogen-bond acceptors (Lipinski definition) is 5. The number of halogens is 1. The second-order valence-corrected chi connectivity index (χ2v) is 8.21. The molecule has 3 aromatic carbocycles. The number of esters is 1. The lowest BCUT2D eigenvalue weighted by atomic mass is 10.0. The number of hydrogen-bond donors (Lipinski definition) is 0. The van der Waals surface area contributed by atoms with E-state index >= 15 is 0 Å². The van der Waals surface area contributed by atoms with Crippen LogP contribution in [0.25, 0.3) is 17.0 Å². The Kier molecular flexibility index (Phi) is 5.61. The minimum atomic E-state index is -0.703. The molecule has 0 radical (unpaired) electrons. The molecule has 0 unspecified atom stereocenters. The lowest BCUT2D eigenvalue weighted by molar-refractivity contribution is 0.0734. The number of carbonyl (C=O) groups is 2. The molecule has 1 aromatic heterocycles. The summed E-state index contributed by atoms with van der Waals surface area (Å²) in [7, 11) is 1.61. The Morgan fingerprint density at radius 1 is 1.11 bits per heavy atom. The highest BCUT2D eigenvalue weighted by Crippen LogP contribution is 2.38. The van der Waals surface area contributed by atoms with Crippen molar-refractivity contribution < 1.29 is 28.2 Å². The molecule has 5 rings (SSSR count). The van der Waals surface area contributed by atoms with E-state index in [0.717, 1.165) is 29.1 Å². The van der Waals surface area contributed by atoms with E-state index in [1.807, 2.05) is 31.3 Å². The van der Waals surface area contributed by atoms with Gasteiger partial charge in [0.15, 0.2) is 5.76 Å². The van der Waals surface area contributed by atoms with Crippen LogP contribution in [0.4, 0.5) is 4.39 Å². The van der Waals surface area contributed by atoms with Gasteiger partial charge >= 0.3 is 5.97 Å². The number of ether oxygens (including phenoxy) is 3. The van der Waals surface area contributed by atoms with Gasteiger partial charge in [-0.15, -0.1) is 0 Å². The van der Waals surface area contributed by atoms with Gasteiger partial charge in [0.1, 0.15) is 23.1 Å². The minimum Gasteiger partial charge on any atom is -0.497 e. The number of methoxy groups -OCH3 is 1. The quantitative estimate of drug-likeness (QED) is 0.204. The van der Waals surface area contributed by atoms with Crippen molar-refractivity contribution in [2.45, 2.75) is 20.4 Å². The molecule has 6 nitrogen and oxygen atoms in total. The Morgan fingerprint density at radius 3 is 2.69 bits per heavy atom. The van der Waals surface area contributed by atoms with Gasteiger partial charge in [0, 0.05) is 35.3 Å². The van der Waals surface area contributed by atoms with Crippen LogP contribution in [0.2, 0.25) is 0 Å². The summed E-state index contributed by atoms with van der Waals surface area (Å²) in [6, 6.07) is 14.1. The van der Waals surface area contributed by atoms with E-state index in [2.05, 4.69) is 4.57 Å². The Bertz CT molecular complexity index is 1530. The molecule has 0 saturated heterocycles. The molecular weight excluding hydrogens is 449 g/mol. The summed E-state index contributed by atoms with van der Waals surface area (Å²) in [5.41, 5.74) is 2.95. The molecule has 0 aliphatic carbocycles. The van der Waals surface area contributed by atoms with E-state index in [1.54, 1.807) is 26.2 Å². The third-order valence-corrected chi connectivity index (χ3v) is 5.96. The maximum atomic E-state index is 13.5. The van der Waals surface area contributed by atoms with Crippen LogP contribution in [0, 0.1) is 12.7 Å². The standard InChI is InChI=1S/C28H22FNO5/c1-4-30-15-18(22-13-20(33-3)8-9-23(22)30)12-25-27(31)26-16(2)10-21(14-24(26)35-25)34-28(32)17-6-5-7-19(29)11-17/h5-15H,4H2,1-3H3/b25-12-. The molecule has 0 N–H and O–H groups in total. The van der Waals surface area contributed by atoms with Crippen LogP contribution < -0.4 is 14.2 Å². The minimum absolute atomic E-state index is 0.0865. The molecular formula is C28H22FNO5. The number of Topliss-reactive ketones (excluding diaryl/α,β-unsaturated/α-hetero) is 1. The van der Waals surface area contributed by atoms with Crippen molar-refractivity contribution in [2.75, 3.05) is 7.11 Å². The van der Waals surface area contributed by atoms with Crippen LogP contribution >= 0.6 is 0 Å². The number of nitrogens with zero attached hydrogens (tertiary/aromatic N) is 1. The Hall–Kier alpha value is -4.39. The number of fused-ring (bicyclic) bond motifs is 2. The third kappa shape index (κ3) is 4.05. The van der Waals surface area contributed by atoms with Gasteiger partial charge < -0.3 is 18.8 Å². The number of allylic oxidation sites excluding steroid dienone is 1. The summed E-state index contributed by atoms with van der Waals surface area (Å²) in [5, 5.41) is 0.937. The number of aromatic nitrogens is 1. The topological polar surface area (TPSA) is 66.8 Å². The van der Waals surface area contributed by atoms with E-state index < -0.39 is 11.8 Å². The highest BCUT2D eigenvalue weighted by molar-refractivity contribution is 6.16. The van der Waals surface area contributed by atoms with Crippen LogP contribution in [-0.2, 0) is 6.54 Å². The van der Waals surface area contributed by atoms with Crippen molar-refractivity contribution in [3.63, 3.8) is 0 Å². The smallest absolute Gasteiger partial charge is 0.343 e. The Labute approximate surface area is 201 Å². The maximum absolute atomic E-state index is 13.5. The van der Waals surface area contributed by atoms with E-state index in [4.69, 9.17) is 14.2 Å². The van der Waals surface area contributed by atoms with Gasteiger partial charge in [-0.2, -0.15) is 0 Å². The van der Waals surface area contributed by atoms with E-state index in [1.165, 1.54) is 24.3 Å². The lowest BCUT2D eigenvalue weighted by Crippen LogP contribution is -2.09. The van der Waals surface area contributed by atoms with Gasteiger partial charge in [-0.05, 0) is 68.0 Å². The fourth-order valence-electron chi connectivity index (χ4n) is 4.27. The Morgan fingerprint density at radius 2 is 1.94 bits per heavy atom. The normalized spacial score (nSPS) is 13.7. The monoisotopic (exact) mass is 471 g/mol. The van der Waals surface area contributed by atoms with Crippen LogP contribution in [0.3, 0.4) is 0 Å². The highest BCUT2D eigenvalue weighted by Gasteiger charge is 2.30. The largest absolute Gasteiger partial charge is 0.497 e. The second-order valence-electron chi connectivity index (χ2n) is 8.21. The van der Waals surface area contributed by atoms with Gasteiger partial charge in [0.05, 0.1) is 18.2 Å². The first-order valence-electron chi connectivity index (χ1n) is 11.1. The van der Waals surface area contributed by atoms with Crippen molar-refractivity contribution in [1.29, 1.82) is 0 Å². The van der Waals surface area contributed by atoms with Crippen LogP contribution in [0.1, 0.15) is 38.8 Å². The van der Waals surface area contributed by atoms with Crippen molar-refractivity contribution in [3.05, 3.63) is 94.6 Å². The summed E-state index contributed by atoms with van der Waals surface area (Å²) < 4.78 is 32.3. The van der Waals surface area contributed by atoms with Gasteiger partial charge in [0.2, 0.25) is 5.78 Å². The second kappa shape index (κ2) is 8.76. The molecule has 1 aliphatic rings. The van der Waals surface area contributed by atoms with Gasteiger partial charge in [-0.25, -0.2) is 9.18 Å². The van der Waals surface area contributed by atoms with Crippen molar-refractivity contribution >= 4 is 28.7 Å². The maximum Gasteiger partial charge on any atom is 0.343 e. The molecule has 35 heavy (non-hydrogen) atoms. The molecule has 0 amide bonds. The van der Waals surface area contributed by atoms with Crippen LogP contribution in [-0.4, -0.2) is 23.4 Å². The number of carbonyl (C=O) groups excluding carboxylic acids is 2. The van der Waals surface area contributed by atoms with Crippen LogP contribution in [0.15, 0.2) is 66.6 Å². The zero-order valence-electron chi connectivity index (χ0n) is 19.4. The average Bonchev–Trinajstić information content (AvgIpc) is 3.35. The van der Waals surface area contributed by atoms with E-state index in [9.17, 15) is 14.0 Å². The molecule has 0 saturated carbocycles. The zero-order chi connectivity index (χ0) is 24.7. The van der Waals surface area contributed by atoms with Gasteiger partial charge in [0.25, 0.3) is 0 Å². The lowest BCUT2D eigenvalue weighted by Gasteiger charge is -2.08. The average molecular weight is 471 g/mol. The van der Waals surface area contributed by atoms with E-state index in [0.29, 0.717) is 22.6 Å². The van der Waals surface area contributed by atoms with Crippen molar-refractivity contribution in [2.24, 2.45) is 0 Å². The summed E-state index contributed by atoms with van der Waals surface area (Å²) in [5.74, 6) is -0.0818. The summed E-state index contributed by atoms with van der Waals surface area (Å²) in [6.07, 6.45) is 3.68. The number of benzene rings is 3. The zero-order valence-corrected chi connectivity index (χ0v) is 19.4. The van der Waals surface area contributed by atoms with Crippen molar-refractivity contribution in [1.82, 2.24) is 4.57 Å².